The first-order valence-electron chi connectivity index (χ1n) is 7.08. The number of urea groups is 1. The number of benzene rings is 1. The summed E-state index contributed by atoms with van der Waals surface area (Å²) in [6.07, 6.45) is 2.21. The second kappa shape index (κ2) is 7.64. The lowest BCUT2D eigenvalue weighted by Gasteiger charge is -2.16. The lowest BCUT2D eigenvalue weighted by atomic mass is 10.1. The summed E-state index contributed by atoms with van der Waals surface area (Å²) in [7, 11) is 0. The molecule has 2 atom stereocenters. The zero-order chi connectivity index (χ0) is 15.1. The van der Waals surface area contributed by atoms with E-state index in [1.165, 1.54) is 0 Å². The molecule has 21 heavy (non-hydrogen) atoms. The van der Waals surface area contributed by atoms with E-state index in [1.54, 1.807) is 0 Å². The van der Waals surface area contributed by atoms with Crippen LogP contribution in [0, 0.1) is 0 Å². The van der Waals surface area contributed by atoms with Gasteiger partial charge in [0.05, 0.1) is 6.10 Å². The van der Waals surface area contributed by atoms with E-state index in [9.17, 15) is 14.7 Å². The van der Waals surface area contributed by atoms with E-state index in [0.29, 0.717) is 6.54 Å². The van der Waals surface area contributed by atoms with Crippen molar-refractivity contribution in [3.05, 3.63) is 35.9 Å². The molecule has 1 aliphatic heterocycles. The monoisotopic (exact) mass is 292 g/mol. The van der Waals surface area contributed by atoms with Gasteiger partial charge < -0.3 is 20.5 Å². The van der Waals surface area contributed by atoms with Gasteiger partial charge in [0, 0.05) is 19.6 Å². The molecule has 1 aromatic rings. The Hall–Kier alpha value is -2.08. The van der Waals surface area contributed by atoms with Gasteiger partial charge in [0.1, 0.15) is 6.04 Å². The Balaban J connectivity index is 1.81. The number of ether oxygens (including phenoxy) is 1. The van der Waals surface area contributed by atoms with E-state index in [0.717, 1.165) is 25.0 Å². The quantitative estimate of drug-likeness (QED) is 0.734. The minimum absolute atomic E-state index is 0.0353. The summed E-state index contributed by atoms with van der Waals surface area (Å²) in [4.78, 5) is 23.0. The molecule has 6 heteroatoms. The largest absolute Gasteiger partial charge is 0.480 e. The average molecular weight is 292 g/mol. The van der Waals surface area contributed by atoms with Crippen LogP contribution in [-0.4, -0.2) is 42.4 Å². The number of aliphatic carboxylic acids is 1. The summed E-state index contributed by atoms with van der Waals surface area (Å²) in [5, 5.41) is 14.3. The van der Waals surface area contributed by atoms with Gasteiger partial charge in [-0.15, -0.1) is 0 Å². The van der Waals surface area contributed by atoms with Crippen LogP contribution in [-0.2, 0) is 16.0 Å². The number of carbonyl (C=O) groups is 2. The van der Waals surface area contributed by atoms with Crippen molar-refractivity contribution in [1.82, 2.24) is 10.6 Å². The molecule has 0 saturated carbocycles. The van der Waals surface area contributed by atoms with Crippen LogP contribution in [0.2, 0.25) is 0 Å². The highest BCUT2D eigenvalue weighted by atomic mass is 16.5. The van der Waals surface area contributed by atoms with Crippen molar-refractivity contribution in [2.45, 2.75) is 31.4 Å². The first kappa shape index (κ1) is 15.3. The first-order valence-corrected chi connectivity index (χ1v) is 7.08. The lowest BCUT2D eigenvalue weighted by Crippen LogP contribution is -2.48. The van der Waals surface area contributed by atoms with Crippen molar-refractivity contribution in [2.24, 2.45) is 0 Å². The summed E-state index contributed by atoms with van der Waals surface area (Å²) in [6, 6.07) is 7.79. The minimum atomic E-state index is -1.05. The Labute approximate surface area is 123 Å². The first-order chi connectivity index (χ1) is 10.1. The summed E-state index contributed by atoms with van der Waals surface area (Å²) >= 11 is 0. The molecule has 1 aliphatic rings. The Morgan fingerprint density at radius 2 is 2.10 bits per heavy atom. The van der Waals surface area contributed by atoms with E-state index in [1.807, 2.05) is 30.3 Å². The number of nitrogens with one attached hydrogen (secondary N) is 2. The van der Waals surface area contributed by atoms with Crippen molar-refractivity contribution in [3.8, 4) is 0 Å². The smallest absolute Gasteiger partial charge is 0.326 e. The van der Waals surface area contributed by atoms with Crippen LogP contribution in [0.1, 0.15) is 18.4 Å². The second-order valence-electron chi connectivity index (χ2n) is 5.07. The van der Waals surface area contributed by atoms with Crippen molar-refractivity contribution in [1.29, 1.82) is 0 Å². The van der Waals surface area contributed by atoms with Crippen LogP contribution < -0.4 is 10.6 Å². The third-order valence-corrected chi connectivity index (χ3v) is 3.40. The third-order valence-electron chi connectivity index (χ3n) is 3.40. The number of rotatable bonds is 6. The van der Waals surface area contributed by atoms with Crippen LogP contribution >= 0.6 is 0 Å². The zero-order valence-corrected chi connectivity index (χ0v) is 11.7. The molecule has 114 valence electrons. The normalized spacial score (nSPS) is 19.0. The molecule has 0 spiro atoms. The van der Waals surface area contributed by atoms with E-state index in [4.69, 9.17) is 4.74 Å². The molecular formula is C15H20N2O4. The van der Waals surface area contributed by atoms with Crippen LogP contribution in [0.5, 0.6) is 0 Å². The van der Waals surface area contributed by atoms with Gasteiger partial charge in [-0.05, 0) is 18.4 Å². The van der Waals surface area contributed by atoms with E-state index >= 15 is 0 Å². The SMILES string of the molecule is O=C(NCC1CCCO1)N[C@@H](Cc1ccccc1)C(=O)O. The fraction of sp³-hybridized carbons (Fsp3) is 0.467. The number of hydrogen-bond acceptors (Lipinski definition) is 3. The highest BCUT2D eigenvalue weighted by Gasteiger charge is 2.21. The molecule has 1 fully saturated rings. The van der Waals surface area contributed by atoms with Gasteiger partial charge in [-0.25, -0.2) is 9.59 Å². The fourth-order valence-corrected chi connectivity index (χ4v) is 2.27. The van der Waals surface area contributed by atoms with E-state index < -0.39 is 18.0 Å². The third kappa shape index (κ3) is 5.07. The minimum Gasteiger partial charge on any atom is -0.480 e. The number of carboxylic acid groups (broad SMARTS) is 1. The molecule has 0 bridgehead atoms. The predicted molar refractivity (Wildman–Crippen MR) is 77.1 cm³/mol. The van der Waals surface area contributed by atoms with Crippen molar-refractivity contribution < 1.29 is 19.4 Å². The van der Waals surface area contributed by atoms with Gasteiger partial charge in [-0.1, -0.05) is 30.3 Å². The fourth-order valence-electron chi connectivity index (χ4n) is 2.27. The van der Waals surface area contributed by atoms with Gasteiger partial charge in [-0.2, -0.15) is 0 Å². The van der Waals surface area contributed by atoms with Crippen molar-refractivity contribution >= 4 is 12.0 Å². The van der Waals surface area contributed by atoms with Gasteiger partial charge in [0.15, 0.2) is 0 Å². The molecule has 2 rings (SSSR count). The van der Waals surface area contributed by atoms with E-state index in [-0.39, 0.29) is 12.5 Å². The molecule has 2 amide bonds. The Morgan fingerprint density at radius 1 is 1.33 bits per heavy atom. The zero-order valence-electron chi connectivity index (χ0n) is 11.7. The molecule has 1 aromatic carbocycles. The highest BCUT2D eigenvalue weighted by Crippen LogP contribution is 2.10. The summed E-state index contributed by atoms with van der Waals surface area (Å²) < 4.78 is 5.39. The topological polar surface area (TPSA) is 87.7 Å². The maximum Gasteiger partial charge on any atom is 0.326 e. The lowest BCUT2D eigenvalue weighted by molar-refractivity contribution is -0.139. The maximum atomic E-state index is 11.8. The van der Waals surface area contributed by atoms with Gasteiger partial charge in [-0.3, -0.25) is 0 Å². The molecule has 0 aliphatic carbocycles. The average Bonchev–Trinajstić information content (AvgIpc) is 2.99. The number of carbonyl (C=O) groups excluding carboxylic acids is 1. The van der Waals surface area contributed by atoms with Crippen LogP contribution in [0.4, 0.5) is 4.79 Å². The van der Waals surface area contributed by atoms with E-state index in [2.05, 4.69) is 10.6 Å². The standard InChI is InChI=1S/C15H20N2O4/c18-14(19)13(9-11-5-2-1-3-6-11)17-15(20)16-10-12-7-4-8-21-12/h1-3,5-6,12-13H,4,7-10H2,(H,18,19)(H2,16,17,20)/t12?,13-/m0/s1. The van der Waals surface area contributed by atoms with Gasteiger partial charge in [0.25, 0.3) is 0 Å². The molecule has 1 heterocycles. The Bertz CT molecular complexity index is 472. The molecule has 0 aromatic heterocycles. The van der Waals surface area contributed by atoms with Crippen molar-refractivity contribution in [2.75, 3.05) is 13.2 Å². The predicted octanol–water partition coefficient (Wildman–Crippen LogP) is 1.16. The summed E-state index contributed by atoms with van der Waals surface area (Å²) in [5.41, 5.74) is 0.865. The molecular weight excluding hydrogens is 272 g/mol. The molecule has 0 radical (unpaired) electrons. The second-order valence-corrected chi connectivity index (χ2v) is 5.07. The molecule has 1 unspecified atom stereocenters. The molecule has 6 nitrogen and oxygen atoms in total. The maximum absolute atomic E-state index is 11.8. The number of carboxylic acids is 1. The Morgan fingerprint density at radius 3 is 2.71 bits per heavy atom. The van der Waals surface area contributed by atoms with Crippen molar-refractivity contribution in [3.63, 3.8) is 0 Å². The van der Waals surface area contributed by atoms with Gasteiger partial charge in [0.2, 0.25) is 0 Å². The summed E-state index contributed by atoms with van der Waals surface area (Å²) in [5.74, 6) is -1.05. The molecule has 1 saturated heterocycles. The number of amides is 2. The number of hydrogen-bond donors (Lipinski definition) is 3. The van der Waals surface area contributed by atoms with Gasteiger partial charge >= 0.3 is 12.0 Å². The van der Waals surface area contributed by atoms with Crippen LogP contribution in [0.3, 0.4) is 0 Å². The molecule has 3 N–H and O–H groups in total. The van der Waals surface area contributed by atoms with Crippen LogP contribution in [0.25, 0.3) is 0 Å². The summed E-state index contributed by atoms with van der Waals surface area (Å²) in [6.45, 7) is 1.13. The Kier molecular flexibility index (Phi) is 5.57. The van der Waals surface area contributed by atoms with Crippen LogP contribution in [0.15, 0.2) is 30.3 Å². The highest BCUT2D eigenvalue weighted by molar-refractivity contribution is 5.82.